The molecule has 0 aliphatic carbocycles. The van der Waals surface area contributed by atoms with Crippen LogP contribution >= 0.6 is 11.5 Å². The van der Waals surface area contributed by atoms with Crippen LogP contribution in [-0.2, 0) is 4.79 Å². The van der Waals surface area contributed by atoms with Crippen molar-refractivity contribution in [2.24, 2.45) is 0 Å². The summed E-state index contributed by atoms with van der Waals surface area (Å²) in [5.41, 5.74) is 3.45. The van der Waals surface area contributed by atoms with E-state index >= 15 is 0 Å². The third kappa shape index (κ3) is 4.92. The Bertz CT molecular complexity index is 922. The highest BCUT2D eigenvalue weighted by Crippen LogP contribution is 2.28. The molecule has 3 aromatic rings. The second-order valence-electron chi connectivity index (χ2n) is 5.61. The van der Waals surface area contributed by atoms with Crippen molar-refractivity contribution in [2.75, 3.05) is 19.0 Å². The topological polar surface area (TPSA) is 73.3 Å². The van der Waals surface area contributed by atoms with E-state index in [1.807, 2.05) is 60.9 Å². The summed E-state index contributed by atoms with van der Waals surface area (Å²) in [6.07, 6.45) is 3.91. The van der Waals surface area contributed by atoms with Gasteiger partial charge in [-0.2, -0.15) is 0 Å². The summed E-state index contributed by atoms with van der Waals surface area (Å²) in [6, 6.07) is 13.0. The first-order valence-electron chi connectivity index (χ1n) is 8.30. The molecule has 0 saturated carbocycles. The molecule has 6 nitrogen and oxygen atoms in total. The van der Waals surface area contributed by atoms with Gasteiger partial charge in [0.25, 0.3) is 5.91 Å². The van der Waals surface area contributed by atoms with Crippen molar-refractivity contribution in [2.45, 2.75) is 6.92 Å². The number of methoxy groups -OCH3 is 1. The van der Waals surface area contributed by atoms with Crippen LogP contribution in [0.15, 0.2) is 53.9 Å². The predicted molar refractivity (Wildman–Crippen MR) is 107 cm³/mol. The summed E-state index contributed by atoms with van der Waals surface area (Å²) in [7, 11) is 1.57. The minimum Gasteiger partial charge on any atom is -0.493 e. The van der Waals surface area contributed by atoms with E-state index in [0.29, 0.717) is 17.2 Å². The maximum absolute atomic E-state index is 12.2. The number of hydrogen-bond donors (Lipinski definition) is 1. The van der Waals surface area contributed by atoms with Crippen LogP contribution in [0.4, 0.5) is 5.69 Å². The monoisotopic (exact) mass is 381 g/mol. The molecule has 138 valence electrons. The van der Waals surface area contributed by atoms with E-state index in [0.717, 1.165) is 16.8 Å². The van der Waals surface area contributed by atoms with Crippen molar-refractivity contribution in [3.05, 3.63) is 59.5 Å². The highest BCUT2D eigenvalue weighted by molar-refractivity contribution is 7.03. The lowest BCUT2D eigenvalue weighted by Gasteiger charge is -2.11. The van der Waals surface area contributed by atoms with Crippen LogP contribution in [-0.4, -0.2) is 29.2 Å². The van der Waals surface area contributed by atoms with Crippen molar-refractivity contribution in [3.63, 3.8) is 0 Å². The zero-order valence-electron chi connectivity index (χ0n) is 15.0. The molecule has 0 saturated heterocycles. The molecule has 0 aliphatic heterocycles. The minimum atomic E-state index is -0.252. The number of ether oxygens (including phenoxy) is 2. The maximum atomic E-state index is 12.2. The summed E-state index contributed by atoms with van der Waals surface area (Å²) in [5.74, 6) is 0.851. The summed E-state index contributed by atoms with van der Waals surface area (Å²) in [6.45, 7) is 1.83. The standard InChI is InChI=1S/C20H19N3O3S/c1-3-4-14-5-10-18(19(11-14)25-2)26-12-20(24)21-16-8-6-15(7-9-16)17-13-27-23-22-17/h3-11,13H,12H2,1-2H3,(H,21,24)/b4-3+. The van der Waals surface area contributed by atoms with Crippen LogP contribution < -0.4 is 14.8 Å². The lowest BCUT2D eigenvalue weighted by atomic mass is 10.1. The summed E-state index contributed by atoms with van der Waals surface area (Å²) in [4.78, 5) is 12.2. The minimum absolute atomic E-state index is 0.114. The summed E-state index contributed by atoms with van der Waals surface area (Å²) in [5, 5.41) is 8.70. The number of allylic oxidation sites excluding steroid dienone is 1. The second-order valence-corrected chi connectivity index (χ2v) is 6.22. The molecule has 0 radical (unpaired) electrons. The van der Waals surface area contributed by atoms with Gasteiger partial charge in [0, 0.05) is 16.6 Å². The first-order valence-corrected chi connectivity index (χ1v) is 9.14. The fraction of sp³-hybridized carbons (Fsp3) is 0.150. The average molecular weight is 381 g/mol. The van der Waals surface area contributed by atoms with Gasteiger partial charge in [0.1, 0.15) is 5.69 Å². The number of aromatic nitrogens is 2. The van der Waals surface area contributed by atoms with Crippen molar-refractivity contribution in [3.8, 4) is 22.8 Å². The number of carbonyl (C=O) groups is 1. The Kier molecular flexibility index (Phi) is 6.17. The highest BCUT2D eigenvalue weighted by Gasteiger charge is 2.09. The van der Waals surface area contributed by atoms with Crippen LogP contribution in [0.25, 0.3) is 17.3 Å². The largest absolute Gasteiger partial charge is 0.493 e. The number of anilines is 1. The number of nitrogens with one attached hydrogen (secondary N) is 1. The molecule has 0 spiro atoms. The number of hydrogen-bond acceptors (Lipinski definition) is 6. The van der Waals surface area contributed by atoms with Gasteiger partial charge in [-0.05, 0) is 48.3 Å². The normalized spacial score (nSPS) is 10.7. The zero-order chi connectivity index (χ0) is 19.1. The van der Waals surface area contributed by atoms with Crippen LogP contribution in [0.5, 0.6) is 11.5 Å². The Morgan fingerprint density at radius 1 is 1.19 bits per heavy atom. The number of amides is 1. The zero-order valence-corrected chi connectivity index (χ0v) is 15.8. The van der Waals surface area contributed by atoms with Gasteiger partial charge in [0.2, 0.25) is 0 Å². The van der Waals surface area contributed by atoms with Crippen LogP contribution in [0.2, 0.25) is 0 Å². The van der Waals surface area contributed by atoms with Crippen molar-refractivity contribution >= 4 is 29.2 Å². The van der Waals surface area contributed by atoms with Gasteiger partial charge in [0.05, 0.1) is 7.11 Å². The van der Waals surface area contributed by atoms with Gasteiger partial charge < -0.3 is 14.8 Å². The average Bonchev–Trinajstić information content (AvgIpc) is 3.22. The Morgan fingerprint density at radius 3 is 2.67 bits per heavy atom. The van der Waals surface area contributed by atoms with E-state index in [2.05, 4.69) is 14.9 Å². The first-order chi connectivity index (χ1) is 13.2. The molecule has 2 aromatic carbocycles. The first kappa shape index (κ1) is 18.6. The molecule has 3 rings (SSSR count). The van der Waals surface area contributed by atoms with Gasteiger partial charge in [0.15, 0.2) is 18.1 Å². The molecule has 1 amide bonds. The van der Waals surface area contributed by atoms with Gasteiger partial charge in [-0.1, -0.05) is 34.8 Å². The molecule has 0 unspecified atom stereocenters. The lowest BCUT2D eigenvalue weighted by molar-refractivity contribution is -0.118. The molecule has 1 aromatic heterocycles. The number of nitrogens with zero attached hydrogens (tertiary/aromatic N) is 2. The molecule has 0 fully saturated rings. The van der Waals surface area contributed by atoms with E-state index in [1.54, 1.807) is 13.2 Å². The van der Waals surface area contributed by atoms with Gasteiger partial charge in [-0.15, -0.1) is 5.10 Å². The van der Waals surface area contributed by atoms with E-state index in [9.17, 15) is 4.79 Å². The van der Waals surface area contributed by atoms with Crippen LogP contribution in [0.3, 0.4) is 0 Å². The number of rotatable bonds is 7. The molecular formula is C20H19N3O3S. The quantitative estimate of drug-likeness (QED) is 0.662. The van der Waals surface area contributed by atoms with Crippen molar-refractivity contribution in [1.29, 1.82) is 0 Å². The van der Waals surface area contributed by atoms with Gasteiger partial charge in [-0.3, -0.25) is 4.79 Å². The fourth-order valence-electron chi connectivity index (χ4n) is 2.45. The third-order valence-corrected chi connectivity index (χ3v) is 4.23. The predicted octanol–water partition coefficient (Wildman–Crippen LogP) is 4.26. The Labute approximate surface area is 161 Å². The highest BCUT2D eigenvalue weighted by atomic mass is 32.1. The molecule has 0 bridgehead atoms. The second kappa shape index (κ2) is 8.95. The molecule has 1 heterocycles. The lowest BCUT2D eigenvalue weighted by Crippen LogP contribution is -2.20. The Morgan fingerprint density at radius 2 is 2.00 bits per heavy atom. The Balaban J connectivity index is 1.58. The third-order valence-electron chi connectivity index (χ3n) is 3.73. The Hall–Kier alpha value is -3.19. The number of carbonyl (C=O) groups excluding carboxylic acids is 1. The molecule has 7 heteroatoms. The van der Waals surface area contributed by atoms with Crippen LogP contribution in [0, 0.1) is 0 Å². The summed E-state index contributed by atoms with van der Waals surface area (Å²) < 4.78 is 14.8. The number of benzene rings is 2. The SMILES string of the molecule is C/C=C/c1ccc(OCC(=O)Nc2ccc(-c3csnn3)cc2)c(OC)c1. The fourth-order valence-corrected chi connectivity index (χ4v) is 2.92. The molecule has 0 aliphatic rings. The van der Waals surface area contributed by atoms with Crippen LogP contribution in [0.1, 0.15) is 12.5 Å². The summed E-state index contributed by atoms with van der Waals surface area (Å²) >= 11 is 1.30. The van der Waals surface area contributed by atoms with E-state index < -0.39 is 0 Å². The smallest absolute Gasteiger partial charge is 0.262 e. The molecule has 27 heavy (non-hydrogen) atoms. The van der Waals surface area contributed by atoms with Crippen molar-refractivity contribution in [1.82, 2.24) is 9.59 Å². The molecule has 1 N–H and O–H groups in total. The van der Waals surface area contributed by atoms with Gasteiger partial charge in [-0.25, -0.2) is 0 Å². The van der Waals surface area contributed by atoms with Gasteiger partial charge >= 0.3 is 0 Å². The molecular weight excluding hydrogens is 362 g/mol. The van der Waals surface area contributed by atoms with Crippen molar-refractivity contribution < 1.29 is 14.3 Å². The van der Waals surface area contributed by atoms with E-state index in [1.165, 1.54) is 11.5 Å². The molecule has 0 atom stereocenters. The maximum Gasteiger partial charge on any atom is 0.262 e. The van der Waals surface area contributed by atoms with E-state index in [4.69, 9.17) is 9.47 Å². The van der Waals surface area contributed by atoms with E-state index in [-0.39, 0.29) is 12.5 Å².